The fourth-order valence-corrected chi connectivity index (χ4v) is 1.77. The summed E-state index contributed by atoms with van der Waals surface area (Å²) in [4.78, 5) is 14.1. The summed E-state index contributed by atoms with van der Waals surface area (Å²) in [6.45, 7) is 0.647. The Morgan fingerprint density at radius 1 is 1.44 bits per heavy atom. The minimum Gasteiger partial charge on any atom is -0.354 e. The molecule has 0 bridgehead atoms. The largest absolute Gasteiger partial charge is 0.354 e. The lowest BCUT2D eigenvalue weighted by atomic mass is 10.3. The fraction of sp³-hybridized carbons (Fsp3) is 0.182. The highest BCUT2D eigenvalue weighted by Gasteiger charge is 2.10. The quantitative estimate of drug-likeness (QED) is 0.643. The van der Waals surface area contributed by atoms with Crippen LogP contribution in [0.1, 0.15) is 5.56 Å². The van der Waals surface area contributed by atoms with Crippen molar-refractivity contribution >= 4 is 23.4 Å². The van der Waals surface area contributed by atoms with E-state index < -0.39 is 0 Å². The third kappa shape index (κ3) is 2.85. The molecule has 0 fully saturated rings. The Morgan fingerprint density at radius 3 is 2.94 bits per heavy atom. The molecule has 94 valence electrons. The molecule has 3 N–H and O–H groups in total. The van der Waals surface area contributed by atoms with Crippen LogP contribution in [-0.2, 0) is 6.54 Å². The van der Waals surface area contributed by atoms with E-state index in [0.29, 0.717) is 23.3 Å². The lowest BCUT2D eigenvalue weighted by Crippen LogP contribution is -2.20. The maximum absolute atomic E-state index is 6.06. The molecule has 0 aromatic carbocycles. The average molecular weight is 265 g/mol. The molecule has 7 heteroatoms. The van der Waals surface area contributed by atoms with Gasteiger partial charge >= 0.3 is 0 Å². The molecule has 0 radical (unpaired) electrons. The zero-order valence-corrected chi connectivity index (χ0v) is 10.6. The van der Waals surface area contributed by atoms with Gasteiger partial charge in [-0.3, -0.25) is 10.4 Å². The van der Waals surface area contributed by atoms with Crippen LogP contribution in [0.2, 0.25) is 5.02 Å². The minimum absolute atomic E-state index is 0.326. The molecule has 0 aliphatic carbocycles. The second kappa shape index (κ2) is 5.61. The molecular formula is C11H13ClN6. The first-order valence-electron chi connectivity index (χ1n) is 5.30. The molecule has 0 saturated heterocycles. The number of nitrogen functional groups attached to an aromatic ring is 1. The lowest BCUT2D eigenvalue weighted by molar-refractivity contribution is 0.885. The summed E-state index contributed by atoms with van der Waals surface area (Å²) in [6, 6.07) is 3.87. The van der Waals surface area contributed by atoms with Gasteiger partial charge in [-0.05, 0) is 11.6 Å². The van der Waals surface area contributed by atoms with Crippen LogP contribution < -0.4 is 16.2 Å². The molecule has 0 aliphatic heterocycles. The first kappa shape index (κ1) is 12.5. The maximum atomic E-state index is 6.06. The Bertz CT molecular complexity index is 518. The van der Waals surface area contributed by atoms with E-state index in [1.807, 2.05) is 24.1 Å². The summed E-state index contributed by atoms with van der Waals surface area (Å²) >= 11 is 6.06. The van der Waals surface area contributed by atoms with Gasteiger partial charge in [0.25, 0.3) is 0 Å². The van der Waals surface area contributed by atoms with E-state index in [1.165, 1.54) is 6.20 Å². The van der Waals surface area contributed by atoms with Crippen LogP contribution in [0.5, 0.6) is 0 Å². The highest BCUT2D eigenvalue weighted by molar-refractivity contribution is 6.32. The summed E-state index contributed by atoms with van der Waals surface area (Å²) < 4.78 is 0. The minimum atomic E-state index is 0.326. The number of nitrogens with zero attached hydrogens (tertiary/aromatic N) is 4. The monoisotopic (exact) mass is 264 g/mol. The second-order valence-corrected chi connectivity index (χ2v) is 4.13. The van der Waals surface area contributed by atoms with Gasteiger partial charge < -0.3 is 4.90 Å². The molecule has 0 saturated carbocycles. The molecular weight excluding hydrogens is 252 g/mol. The van der Waals surface area contributed by atoms with Crippen molar-refractivity contribution in [1.82, 2.24) is 15.0 Å². The first-order valence-corrected chi connectivity index (χ1v) is 5.67. The van der Waals surface area contributed by atoms with Crippen LogP contribution in [0.3, 0.4) is 0 Å². The number of aromatic nitrogens is 3. The number of halogens is 1. The topological polar surface area (TPSA) is 80.0 Å². The molecule has 2 rings (SSSR count). The highest BCUT2D eigenvalue weighted by Crippen LogP contribution is 2.23. The van der Waals surface area contributed by atoms with E-state index in [9.17, 15) is 0 Å². The number of rotatable bonds is 4. The van der Waals surface area contributed by atoms with Gasteiger partial charge in [-0.15, -0.1) is 0 Å². The number of hydrazine groups is 1. The number of hydrogen-bond acceptors (Lipinski definition) is 6. The number of nitrogens with one attached hydrogen (secondary N) is 1. The fourth-order valence-electron chi connectivity index (χ4n) is 1.54. The van der Waals surface area contributed by atoms with Crippen LogP contribution >= 0.6 is 11.6 Å². The van der Waals surface area contributed by atoms with E-state index in [2.05, 4.69) is 20.4 Å². The van der Waals surface area contributed by atoms with Gasteiger partial charge in [-0.25, -0.2) is 10.8 Å². The molecule has 0 unspecified atom stereocenters. The molecule has 2 aromatic rings. The number of hydrogen-bond donors (Lipinski definition) is 2. The van der Waals surface area contributed by atoms with E-state index in [0.717, 1.165) is 5.56 Å². The molecule has 2 aromatic heterocycles. The summed E-state index contributed by atoms with van der Waals surface area (Å²) in [6.07, 6.45) is 5.05. The molecule has 0 aliphatic rings. The van der Waals surface area contributed by atoms with Crippen molar-refractivity contribution in [2.75, 3.05) is 17.4 Å². The van der Waals surface area contributed by atoms with Crippen molar-refractivity contribution in [3.63, 3.8) is 0 Å². The summed E-state index contributed by atoms with van der Waals surface area (Å²) in [5.41, 5.74) is 3.46. The smallest absolute Gasteiger partial charge is 0.239 e. The summed E-state index contributed by atoms with van der Waals surface area (Å²) in [5.74, 6) is 6.22. The van der Waals surface area contributed by atoms with Crippen molar-refractivity contribution in [3.05, 3.63) is 41.3 Å². The van der Waals surface area contributed by atoms with Gasteiger partial charge in [0.05, 0.1) is 6.20 Å². The van der Waals surface area contributed by atoms with E-state index in [-0.39, 0.29) is 0 Å². The molecule has 0 amide bonds. The SMILES string of the molecule is CN(Cc1cccnc1)c1nc(NN)ncc1Cl. The normalized spacial score (nSPS) is 10.2. The van der Waals surface area contributed by atoms with Gasteiger partial charge in [0, 0.05) is 26.0 Å². The third-order valence-corrected chi connectivity index (χ3v) is 2.63. The molecule has 0 spiro atoms. The number of anilines is 2. The van der Waals surface area contributed by atoms with E-state index in [4.69, 9.17) is 17.4 Å². The van der Waals surface area contributed by atoms with Crippen molar-refractivity contribution < 1.29 is 0 Å². The molecule has 0 atom stereocenters. The Labute approximate surface area is 110 Å². The average Bonchev–Trinajstić information content (AvgIpc) is 2.40. The van der Waals surface area contributed by atoms with Gasteiger partial charge in [0.2, 0.25) is 5.95 Å². The van der Waals surface area contributed by atoms with Crippen molar-refractivity contribution in [2.24, 2.45) is 5.84 Å². The predicted octanol–water partition coefficient (Wildman–Crippen LogP) is 1.45. The van der Waals surface area contributed by atoms with Crippen molar-refractivity contribution in [2.45, 2.75) is 6.54 Å². The molecule has 18 heavy (non-hydrogen) atoms. The summed E-state index contributed by atoms with van der Waals surface area (Å²) in [5, 5.41) is 0.473. The standard InChI is InChI=1S/C11H13ClN6/c1-18(7-8-3-2-4-14-5-8)10-9(12)6-15-11(16-10)17-13/h2-6H,7,13H2,1H3,(H,15,16,17). The predicted molar refractivity (Wildman–Crippen MR) is 71.2 cm³/mol. The van der Waals surface area contributed by atoms with Crippen LogP contribution in [-0.4, -0.2) is 22.0 Å². The van der Waals surface area contributed by atoms with Gasteiger partial charge in [0.15, 0.2) is 5.82 Å². The van der Waals surface area contributed by atoms with Crippen LogP contribution in [0, 0.1) is 0 Å². The summed E-state index contributed by atoms with van der Waals surface area (Å²) in [7, 11) is 1.89. The Kier molecular flexibility index (Phi) is 3.91. The molecule has 6 nitrogen and oxygen atoms in total. The van der Waals surface area contributed by atoms with Gasteiger partial charge in [0.1, 0.15) is 5.02 Å². The van der Waals surface area contributed by atoms with Crippen LogP contribution in [0.15, 0.2) is 30.7 Å². The number of pyridine rings is 1. The van der Waals surface area contributed by atoms with Gasteiger partial charge in [-0.2, -0.15) is 4.98 Å². The van der Waals surface area contributed by atoms with Gasteiger partial charge in [-0.1, -0.05) is 17.7 Å². The Balaban J connectivity index is 2.20. The third-order valence-electron chi connectivity index (χ3n) is 2.36. The van der Waals surface area contributed by atoms with E-state index >= 15 is 0 Å². The lowest BCUT2D eigenvalue weighted by Gasteiger charge is -2.19. The second-order valence-electron chi connectivity index (χ2n) is 3.73. The van der Waals surface area contributed by atoms with Crippen molar-refractivity contribution in [1.29, 1.82) is 0 Å². The maximum Gasteiger partial charge on any atom is 0.239 e. The first-order chi connectivity index (χ1) is 8.70. The highest BCUT2D eigenvalue weighted by atomic mass is 35.5. The number of nitrogens with two attached hydrogens (primary N) is 1. The van der Waals surface area contributed by atoms with E-state index in [1.54, 1.807) is 12.4 Å². The Hall–Kier alpha value is -1.92. The van der Waals surface area contributed by atoms with Crippen LogP contribution in [0.4, 0.5) is 11.8 Å². The zero-order chi connectivity index (χ0) is 13.0. The zero-order valence-electron chi connectivity index (χ0n) is 9.84. The van der Waals surface area contributed by atoms with Crippen LogP contribution in [0.25, 0.3) is 0 Å². The van der Waals surface area contributed by atoms with Crippen molar-refractivity contribution in [3.8, 4) is 0 Å². The molecule has 2 heterocycles. The Morgan fingerprint density at radius 2 is 2.28 bits per heavy atom.